The van der Waals surface area contributed by atoms with Gasteiger partial charge in [-0.2, -0.15) is 0 Å². The number of benzene rings is 1. The molecule has 0 aliphatic rings. The fraction of sp³-hybridized carbons (Fsp3) is 0.684. The first kappa shape index (κ1) is 16.3. The van der Waals surface area contributed by atoms with Crippen LogP contribution in [0.2, 0.25) is 0 Å². The molecule has 0 radical (unpaired) electrons. The summed E-state index contributed by atoms with van der Waals surface area (Å²) in [6.07, 6.45) is 9.74. The molecule has 0 fully saturated rings. The third-order valence-electron chi connectivity index (χ3n) is 4.14. The molecule has 1 rings (SSSR count). The maximum Gasteiger partial charge on any atom is -0.0188 e. The van der Waals surface area contributed by atoms with Crippen LogP contribution in [0.1, 0.15) is 95.6 Å². The molecule has 0 saturated heterocycles. The Kier molecular flexibility index (Phi) is 7.86. The van der Waals surface area contributed by atoms with E-state index in [4.69, 9.17) is 0 Å². The molecule has 0 heteroatoms. The molecule has 0 amide bonds. The molecule has 108 valence electrons. The zero-order chi connectivity index (χ0) is 14.1. The summed E-state index contributed by atoms with van der Waals surface area (Å²) in [6, 6.07) is 9.00. The average molecular weight is 260 g/mol. The average Bonchev–Trinajstić information content (AvgIpc) is 2.42. The molecule has 1 atom stereocenters. The molecule has 0 bridgehead atoms. The van der Waals surface area contributed by atoms with E-state index in [1.54, 1.807) is 11.1 Å². The summed E-state index contributed by atoms with van der Waals surface area (Å²) in [5, 5.41) is 0. The second kappa shape index (κ2) is 9.18. The Morgan fingerprint density at radius 1 is 0.789 bits per heavy atom. The molecule has 0 aliphatic heterocycles. The Morgan fingerprint density at radius 3 is 2.00 bits per heavy atom. The quantitative estimate of drug-likeness (QED) is 0.435. The minimum atomic E-state index is 0.642. The number of unbranched alkanes of at least 4 members (excludes halogenated alkanes) is 5. The molecule has 19 heavy (non-hydrogen) atoms. The van der Waals surface area contributed by atoms with Crippen LogP contribution in [0, 0.1) is 0 Å². The molecule has 0 aromatic heterocycles. The van der Waals surface area contributed by atoms with Gasteiger partial charge in [0.2, 0.25) is 0 Å². The first-order valence-electron chi connectivity index (χ1n) is 8.25. The minimum absolute atomic E-state index is 0.642. The minimum Gasteiger partial charge on any atom is -0.0654 e. The van der Waals surface area contributed by atoms with Gasteiger partial charge >= 0.3 is 0 Å². The van der Waals surface area contributed by atoms with Crippen LogP contribution in [0.15, 0.2) is 24.3 Å². The van der Waals surface area contributed by atoms with Crippen LogP contribution in [0.3, 0.4) is 0 Å². The van der Waals surface area contributed by atoms with E-state index >= 15 is 0 Å². The maximum atomic E-state index is 2.40. The highest BCUT2D eigenvalue weighted by Gasteiger charge is 2.11. The molecular formula is C19H32. The lowest BCUT2D eigenvalue weighted by Gasteiger charge is -2.18. The Bertz CT molecular complexity index is 338. The van der Waals surface area contributed by atoms with Crippen molar-refractivity contribution in [2.75, 3.05) is 0 Å². The molecule has 0 spiro atoms. The van der Waals surface area contributed by atoms with Gasteiger partial charge in [-0.15, -0.1) is 0 Å². The second-order valence-corrected chi connectivity index (χ2v) is 6.24. The van der Waals surface area contributed by atoms with Crippen molar-refractivity contribution in [2.45, 2.75) is 84.5 Å². The Balaban J connectivity index is 2.39. The van der Waals surface area contributed by atoms with Crippen LogP contribution in [-0.2, 0) is 0 Å². The second-order valence-electron chi connectivity index (χ2n) is 6.24. The van der Waals surface area contributed by atoms with Gasteiger partial charge < -0.3 is 0 Å². The Labute approximate surface area is 120 Å². The van der Waals surface area contributed by atoms with E-state index in [9.17, 15) is 0 Å². The van der Waals surface area contributed by atoms with Crippen molar-refractivity contribution in [3.8, 4) is 0 Å². The summed E-state index contributed by atoms with van der Waals surface area (Å²) >= 11 is 0. The first-order valence-corrected chi connectivity index (χ1v) is 8.25. The standard InChI is InChI=1S/C19H32/c1-5-6-7-8-9-10-13-17(4)19-15-12-11-14-18(19)16(2)3/h11-12,14-17H,5-10,13H2,1-4H3. The van der Waals surface area contributed by atoms with Gasteiger partial charge in [0.25, 0.3) is 0 Å². The van der Waals surface area contributed by atoms with Crippen LogP contribution >= 0.6 is 0 Å². The van der Waals surface area contributed by atoms with Gasteiger partial charge in [0.15, 0.2) is 0 Å². The molecule has 0 N–H and O–H groups in total. The predicted octanol–water partition coefficient (Wildman–Crippen LogP) is 6.66. The van der Waals surface area contributed by atoms with Gasteiger partial charge in [-0.05, 0) is 29.4 Å². The van der Waals surface area contributed by atoms with E-state index in [1.807, 2.05) is 0 Å². The zero-order valence-corrected chi connectivity index (χ0v) is 13.4. The molecule has 1 aromatic rings. The van der Waals surface area contributed by atoms with Gasteiger partial charge in [0, 0.05) is 0 Å². The topological polar surface area (TPSA) is 0 Å². The molecule has 1 aromatic carbocycles. The van der Waals surface area contributed by atoms with Gasteiger partial charge in [0.1, 0.15) is 0 Å². The normalized spacial score (nSPS) is 12.9. The summed E-state index contributed by atoms with van der Waals surface area (Å²) in [4.78, 5) is 0. The fourth-order valence-corrected chi connectivity index (χ4v) is 2.87. The summed E-state index contributed by atoms with van der Waals surface area (Å²) in [6.45, 7) is 9.28. The van der Waals surface area contributed by atoms with E-state index < -0.39 is 0 Å². The number of rotatable bonds is 9. The predicted molar refractivity (Wildman–Crippen MR) is 86.9 cm³/mol. The molecule has 0 nitrogen and oxygen atoms in total. The van der Waals surface area contributed by atoms with Crippen molar-refractivity contribution in [1.29, 1.82) is 0 Å². The highest BCUT2D eigenvalue weighted by molar-refractivity contribution is 5.32. The van der Waals surface area contributed by atoms with Crippen molar-refractivity contribution in [3.05, 3.63) is 35.4 Å². The van der Waals surface area contributed by atoms with Gasteiger partial charge in [-0.25, -0.2) is 0 Å². The zero-order valence-electron chi connectivity index (χ0n) is 13.4. The number of hydrogen-bond acceptors (Lipinski definition) is 0. The van der Waals surface area contributed by atoms with Crippen LogP contribution < -0.4 is 0 Å². The van der Waals surface area contributed by atoms with E-state index in [2.05, 4.69) is 52.0 Å². The summed E-state index contributed by atoms with van der Waals surface area (Å²) in [7, 11) is 0. The van der Waals surface area contributed by atoms with Crippen LogP contribution in [-0.4, -0.2) is 0 Å². The highest BCUT2D eigenvalue weighted by Crippen LogP contribution is 2.29. The molecule has 0 aliphatic carbocycles. The van der Waals surface area contributed by atoms with E-state index in [0.717, 1.165) is 0 Å². The van der Waals surface area contributed by atoms with E-state index in [1.165, 1.54) is 44.9 Å². The summed E-state index contributed by atoms with van der Waals surface area (Å²) in [5.74, 6) is 1.35. The van der Waals surface area contributed by atoms with E-state index in [0.29, 0.717) is 11.8 Å². The first-order chi connectivity index (χ1) is 9.16. The van der Waals surface area contributed by atoms with Crippen molar-refractivity contribution < 1.29 is 0 Å². The molecule has 1 unspecified atom stereocenters. The largest absolute Gasteiger partial charge is 0.0654 e. The molecule has 0 saturated carbocycles. The SMILES string of the molecule is CCCCCCCCC(C)c1ccccc1C(C)C. The molecular weight excluding hydrogens is 228 g/mol. The fourth-order valence-electron chi connectivity index (χ4n) is 2.87. The van der Waals surface area contributed by atoms with Gasteiger partial charge in [-0.1, -0.05) is 90.5 Å². The molecule has 0 heterocycles. The highest BCUT2D eigenvalue weighted by atomic mass is 14.2. The Morgan fingerprint density at radius 2 is 1.37 bits per heavy atom. The maximum absolute atomic E-state index is 2.40. The Hall–Kier alpha value is -0.780. The third-order valence-corrected chi connectivity index (χ3v) is 4.14. The van der Waals surface area contributed by atoms with Crippen LogP contribution in [0.4, 0.5) is 0 Å². The lowest BCUT2D eigenvalue weighted by atomic mass is 9.87. The smallest absolute Gasteiger partial charge is 0.0188 e. The van der Waals surface area contributed by atoms with Crippen molar-refractivity contribution in [1.82, 2.24) is 0 Å². The van der Waals surface area contributed by atoms with Crippen LogP contribution in [0.25, 0.3) is 0 Å². The van der Waals surface area contributed by atoms with Gasteiger partial charge in [-0.3, -0.25) is 0 Å². The number of hydrogen-bond donors (Lipinski definition) is 0. The van der Waals surface area contributed by atoms with Crippen LogP contribution in [0.5, 0.6) is 0 Å². The van der Waals surface area contributed by atoms with E-state index in [-0.39, 0.29) is 0 Å². The van der Waals surface area contributed by atoms with Gasteiger partial charge in [0.05, 0.1) is 0 Å². The van der Waals surface area contributed by atoms with Crippen molar-refractivity contribution in [2.24, 2.45) is 0 Å². The van der Waals surface area contributed by atoms with Crippen molar-refractivity contribution in [3.63, 3.8) is 0 Å². The third kappa shape index (κ3) is 5.80. The lowest BCUT2D eigenvalue weighted by Crippen LogP contribution is -2.01. The van der Waals surface area contributed by atoms with Crippen molar-refractivity contribution >= 4 is 0 Å². The summed E-state index contributed by atoms with van der Waals surface area (Å²) < 4.78 is 0. The lowest BCUT2D eigenvalue weighted by molar-refractivity contribution is 0.554. The monoisotopic (exact) mass is 260 g/mol. The summed E-state index contributed by atoms with van der Waals surface area (Å²) in [5.41, 5.74) is 3.12.